The fraction of sp³-hybridized carbons (Fsp3) is 0.133. The van der Waals surface area contributed by atoms with Crippen molar-refractivity contribution >= 4 is 34.8 Å². The van der Waals surface area contributed by atoms with Gasteiger partial charge in [0.1, 0.15) is 0 Å². The van der Waals surface area contributed by atoms with Crippen LogP contribution in [0.3, 0.4) is 0 Å². The molecule has 3 nitrogen and oxygen atoms in total. The molecule has 0 fully saturated rings. The number of hydrogen-bond donors (Lipinski definition) is 2. The molecule has 0 spiro atoms. The predicted molar refractivity (Wildman–Crippen MR) is 81.1 cm³/mol. The zero-order chi connectivity index (χ0) is 14.5. The first-order chi connectivity index (χ1) is 9.56. The molecule has 2 N–H and O–H groups in total. The molecular formula is C15H13Cl2NO2. The Labute approximate surface area is 127 Å². The Bertz CT molecular complexity index is 602. The van der Waals surface area contributed by atoms with Crippen LogP contribution in [0.2, 0.25) is 10.0 Å². The number of halogens is 2. The number of aliphatic hydroxyl groups excluding tert-OH is 1. The number of amides is 1. The van der Waals surface area contributed by atoms with Gasteiger partial charge in [0.25, 0.3) is 0 Å². The third-order valence-electron chi connectivity index (χ3n) is 2.77. The van der Waals surface area contributed by atoms with E-state index >= 15 is 0 Å². The number of hydrogen-bond acceptors (Lipinski definition) is 2. The summed E-state index contributed by atoms with van der Waals surface area (Å²) in [6.45, 7) is 0. The lowest BCUT2D eigenvalue weighted by Gasteiger charge is -2.12. The van der Waals surface area contributed by atoms with Gasteiger partial charge in [-0.3, -0.25) is 4.79 Å². The molecule has 0 bridgehead atoms. The Kier molecular flexibility index (Phi) is 5.01. The first-order valence-electron chi connectivity index (χ1n) is 6.04. The van der Waals surface area contributed by atoms with Crippen molar-refractivity contribution in [2.24, 2.45) is 0 Å². The van der Waals surface area contributed by atoms with E-state index in [1.165, 1.54) is 0 Å². The average molecular weight is 310 g/mol. The van der Waals surface area contributed by atoms with Crippen LogP contribution in [-0.2, 0) is 4.79 Å². The molecule has 0 radical (unpaired) electrons. The molecule has 5 heteroatoms. The summed E-state index contributed by atoms with van der Waals surface area (Å²) in [4.78, 5) is 11.9. The van der Waals surface area contributed by atoms with E-state index in [0.717, 1.165) is 0 Å². The number of anilines is 1. The van der Waals surface area contributed by atoms with Crippen molar-refractivity contribution in [3.63, 3.8) is 0 Å². The van der Waals surface area contributed by atoms with Gasteiger partial charge in [-0.05, 0) is 23.8 Å². The summed E-state index contributed by atoms with van der Waals surface area (Å²) >= 11 is 11.7. The Morgan fingerprint density at radius 2 is 1.85 bits per heavy atom. The van der Waals surface area contributed by atoms with Gasteiger partial charge in [-0.25, -0.2) is 0 Å². The summed E-state index contributed by atoms with van der Waals surface area (Å²) in [5.41, 5.74) is 1.17. The van der Waals surface area contributed by atoms with E-state index in [-0.39, 0.29) is 12.3 Å². The van der Waals surface area contributed by atoms with Crippen molar-refractivity contribution in [2.45, 2.75) is 12.5 Å². The van der Waals surface area contributed by atoms with E-state index in [0.29, 0.717) is 21.3 Å². The molecule has 0 aromatic heterocycles. The van der Waals surface area contributed by atoms with E-state index in [9.17, 15) is 9.90 Å². The summed E-state index contributed by atoms with van der Waals surface area (Å²) in [5.74, 6) is -0.314. The number of carbonyl (C=O) groups is 1. The fourth-order valence-electron chi connectivity index (χ4n) is 1.76. The van der Waals surface area contributed by atoms with Crippen molar-refractivity contribution in [3.05, 3.63) is 64.1 Å². The molecule has 0 heterocycles. The fourth-order valence-corrected chi connectivity index (χ4v) is 2.22. The van der Waals surface area contributed by atoms with Gasteiger partial charge in [0.05, 0.1) is 23.2 Å². The summed E-state index contributed by atoms with van der Waals surface area (Å²) in [6, 6.07) is 13.8. The lowest BCUT2D eigenvalue weighted by atomic mass is 10.1. The number of benzene rings is 2. The normalized spacial score (nSPS) is 11.9. The van der Waals surface area contributed by atoms with Crippen LogP contribution in [0.25, 0.3) is 0 Å². The predicted octanol–water partition coefficient (Wildman–Crippen LogP) is 4.06. The van der Waals surface area contributed by atoms with E-state index in [2.05, 4.69) is 5.32 Å². The van der Waals surface area contributed by atoms with Gasteiger partial charge in [-0.1, -0.05) is 53.5 Å². The third kappa shape index (κ3) is 3.97. The molecule has 1 atom stereocenters. The van der Waals surface area contributed by atoms with Gasteiger partial charge < -0.3 is 10.4 Å². The Balaban J connectivity index is 1.99. The first-order valence-corrected chi connectivity index (χ1v) is 6.80. The van der Waals surface area contributed by atoms with Crippen LogP contribution in [0.15, 0.2) is 48.5 Å². The molecular weight excluding hydrogens is 297 g/mol. The summed E-state index contributed by atoms with van der Waals surface area (Å²) in [6.07, 6.45) is -0.884. The van der Waals surface area contributed by atoms with Crippen LogP contribution < -0.4 is 5.32 Å². The van der Waals surface area contributed by atoms with Gasteiger partial charge in [0.2, 0.25) is 5.91 Å². The van der Waals surface area contributed by atoms with Crippen molar-refractivity contribution < 1.29 is 9.90 Å². The zero-order valence-corrected chi connectivity index (χ0v) is 12.0. The van der Waals surface area contributed by atoms with Crippen LogP contribution in [0.4, 0.5) is 5.69 Å². The number of carbonyl (C=O) groups excluding carboxylic acids is 1. The van der Waals surface area contributed by atoms with Crippen LogP contribution in [0.5, 0.6) is 0 Å². The Morgan fingerprint density at radius 1 is 1.15 bits per heavy atom. The van der Waals surface area contributed by atoms with Crippen LogP contribution in [-0.4, -0.2) is 11.0 Å². The highest BCUT2D eigenvalue weighted by molar-refractivity contribution is 6.36. The van der Waals surface area contributed by atoms with Crippen molar-refractivity contribution in [1.82, 2.24) is 0 Å². The molecule has 1 amide bonds. The molecule has 2 aromatic carbocycles. The summed E-state index contributed by atoms with van der Waals surface area (Å²) in [7, 11) is 0. The second-order valence-corrected chi connectivity index (χ2v) is 5.15. The molecule has 0 saturated carbocycles. The number of nitrogens with one attached hydrogen (secondary N) is 1. The highest BCUT2D eigenvalue weighted by Crippen LogP contribution is 2.26. The van der Waals surface area contributed by atoms with Gasteiger partial charge in [-0.2, -0.15) is 0 Å². The van der Waals surface area contributed by atoms with Crippen LogP contribution in [0, 0.1) is 0 Å². The summed E-state index contributed by atoms with van der Waals surface area (Å²) < 4.78 is 0. The van der Waals surface area contributed by atoms with Crippen LogP contribution >= 0.6 is 23.2 Å². The second-order valence-electron chi connectivity index (χ2n) is 4.30. The van der Waals surface area contributed by atoms with E-state index in [1.807, 2.05) is 18.2 Å². The molecule has 2 aromatic rings. The lowest BCUT2D eigenvalue weighted by Crippen LogP contribution is -2.15. The molecule has 0 saturated heterocycles. The molecule has 0 aliphatic heterocycles. The smallest absolute Gasteiger partial charge is 0.227 e. The minimum Gasteiger partial charge on any atom is -0.388 e. The topological polar surface area (TPSA) is 49.3 Å². The molecule has 2 rings (SSSR count). The SMILES string of the molecule is O=C(CC(O)c1ccccc1)Nc1ccc(Cl)cc1Cl. The van der Waals surface area contributed by atoms with E-state index < -0.39 is 6.10 Å². The largest absolute Gasteiger partial charge is 0.388 e. The molecule has 104 valence electrons. The van der Waals surface area contributed by atoms with Gasteiger partial charge in [0.15, 0.2) is 0 Å². The van der Waals surface area contributed by atoms with Gasteiger partial charge in [0, 0.05) is 5.02 Å². The van der Waals surface area contributed by atoms with Crippen molar-refractivity contribution in [1.29, 1.82) is 0 Å². The number of aliphatic hydroxyl groups is 1. The van der Waals surface area contributed by atoms with Gasteiger partial charge in [-0.15, -0.1) is 0 Å². The maximum atomic E-state index is 11.9. The molecule has 0 aliphatic carbocycles. The molecule has 20 heavy (non-hydrogen) atoms. The lowest BCUT2D eigenvalue weighted by molar-refractivity contribution is -0.118. The van der Waals surface area contributed by atoms with Crippen molar-refractivity contribution in [3.8, 4) is 0 Å². The summed E-state index contributed by atoms with van der Waals surface area (Å²) in [5, 5.41) is 13.5. The Hall–Kier alpha value is -1.55. The van der Waals surface area contributed by atoms with E-state index in [4.69, 9.17) is 23.2 Å². The van der Waals surface area contributed by atoms with Crippen molar-refractivity contribution in [2.75, 3.05) is 5.32 Å². The maximum Gasteiger partial charge on any atom is 0.227 e. The third-order valence-corrected chi connectivity index (χ3v) is 3.32. The van der Waals surface area contributed by atoms with Gasteiger partial charge >= 0.3 is 0 Å². The number of rotatable bonds is 4. The van der Waals surface area contributed by atoms with E-state index in [1.54, 1.807) is 30.3 Å². The monoisotopic (exact) mass is 309 g/mol. The molecule has 0 aliphatic rings. The Morgan fingerprint density at radius 3 is 2.50 bits per heavy atom. The standard InChI is InChI=1S/C15H13Cl2NO2/c16-11-6-7-13(12(17)8-11)18-15(20)9-14(19)10-4-2-1-3-5-10/h1-8,14,19H,9H2,(H,18,20). The highest BCUT2D eigenvalue weighted by atomic mass is 35.5. The zero-order valence-electron chi connectivity index (χ0n) is 10.5. The minimum absolute atomic E-state index is 0.0387. The second kappa shape index (κ2) is 6.75. The minimum atomic E-state index is -0.845. The van der Waals surface area contributed by atoms with Crippen LogP contribution in [0.1, 0.15) is 18.1 Å². The molecule has 1 unspecified atom stereocenters. The highest BCUT2D eigenvalue weighted by Gasteiger charge is 2.13. The first kappa shape index (κ1) is 14.9. The quantitative estimate of drug-likeness (QED) is 0.895. The maximum absolute atomic E-state index is 11.9. The average Bonchev–Trinajstić information content (AvgIpc) is 2.43.